The van der Waals surface area contributed by atoms with Crippen LogP contribution in [0, 0.1) is 6.92 Å². The predicted molar refractivity (Wildman–Crippen MR) is 119 cm³/mol. The average Bonchev–Trinajstić information content (AvgIpc) is 2.75. The molecule has 2 N–H and O–H groups in total. The Hall–Kier alpha value is -3.29. The Balaban J connectivity index is 1.52. The van der Waals surface area contributed by atoms with E-state index in [4.69, 9.17) is 4.74 Å². The number of nitrogens with zero attached hydrogens (tertiary/aromatic N) is 2. The summed E-state index contributed by atoms with van der Waals surface area (Å²) in [5.41, 5.74) is 1.25. The van der Waals surface area contributed by atoms with Gasteiger partial charge >= 0.3 is 6.18 Å². The summed E-state index contributed by atoms with van der Waals surface area (Å²) >= 11 is 0. The van der Waals surface area contributed by atoms with Crippen LogP contribution >= 0.6 is 0 Å². The molecule has 1 aliphatic rings. The fraction of sp³-hybridized carbons (Fsp3) is 0.333. The summed E-state index contributed by atoms with van der Waals surface area (Å²) in [4.78, 5) is 7.94. The maximum atomic E-state index is 13.5. The number of anilines is 4. The third-order valence-corrected chi connectivity index (χ3v) is 5.34. The normalized spacial score (nSPS) is 14.8. The van der Waals surface area contributed by atoms with Crippen LogP contribution in [-0.2, 0) is 6.18 Å². The lowest BCUT2D eigenvalue weighted by molar-refractivity contribution is -0.137. The first kappa shape index (κ1) is 21.9. The quantitative estimate of drug-likeness (QED) is 0.430. The van der Waals surface area contributed by atoms with Crippen molar-refractivity contribution < 1.29 is 17.9 Å². The SMILES string of the molecule is Cc1cccc(Nc2ncc(C(F)(F)F)c(Nc3ccc(OC4CCCCC4)cc3)n2)c1. The zero-order valence-electron chi connectivity index (χ0n) is 17.7. The van der Waals surface area contributed by atoms with Crippen molar-refractivity contribution in [3.05, 3.63) is 65.9 Å². The zero-order valence-corrected chi connectivity index (χ0v) is 17.7. The number of rotatable bonds is 6. The predicted octanol–water partition coefficient (Wildman–Crippen LogP) is 7.00. The summed E-state index contributed by atoms with van der Waals surface area (Å²) in [6.45, 7) is 1.92. The fourth-order valence-electron chi connectivity index (χ4n) is 3.73. The van der Waals surface area contributed by atoms with Crippen molar-refractivity contribution in [3.8, 4) is 5.75 Å². The number of halogens is 3. The van der Waals surface area contributed by atoms with Gasteiger partial charge in [-0.3, -0.25) is 0 Å². The van der Waals surface area contributed by atoms with Gasteiger partial charge in [0.2, 0.25) is 5.95 Å². The highest BCUT2D eigenvalue weighted by atomic mass is 19.4. The molecule has 1 aromatic heterocycles. The third kappa shape index (κ3) is 5.69. The Morgan fingerprint density at radius 1 is 0.938 bits per heavy atom. The van der Waals surface area contributed by atoms with E-state index in [2.05, 4.69) is 20.6 Å². The highest BCUT2D eigenvalue weighted by molar-refractivity contribution is 5.63. The fourth-order valence-corrected chi connectivity index (χ4v) is 3.73. The minimum atomic E-state index is -4.59. The summed E-state index contributed by atoms with van der Waals surface area (Å²) in [5, 5.41) is 5.74. The molecule has 0 radical (unpaired) electrons. The number of hydrogen-bond donors (Lipinski definition) is 2. The van der Waals surface area contributed by atoms with Gasteiger partial charge in [-0.05, 0) is 74.6 Å². The van der Waals surface area contributed by atoms with Crippen molar-refractivity contribution in [2.24, 2.45) is 0 Å². The molecule has 168 valence electrons. The van der Waals surface area contributed by atoms with Gasteiger partial charge in [0.05, 0.1) is 6.10 Å². The van der Waals surface area contributed by atoms with Gasteiger partial charge in [0.1, 0.15) is 17.1 Å². The van der Waals surface area contributed by atoms with Gasteiger partial charge in [0.25, 0.3) is 0 Å². The number of hydrogen-bond acceptors (Lipinski definition) is 5. The Morgan fingerprint density at radius 3 is 2.38 bits per heavy atom. The van der Waals surface area contributed by atoms with Crippen molar-refractivity contribution in [3.63, 3.8) is 0 Å². The van der Waals surface area contributed by atoms with Crippen molar-refractivity contribution in [1.82, 2.24) is 9.97 Å². The second kappa shape index (κ2) is 9.46. The van der Waals surface area contributed by atoms with Gasteiger partial charge in [-0.2, -0.15) is 18.2 Å². The van der Waals surface area contributed by atoms with Crippen LogP contribution in [0.1, 0.15) is 43.2 Å². The largest absolute Gasteiger partial charge is 0.490 e. The summed E-state index contributed by atoms with van der Waals surface area (Å²) < 4.78 is 46.6. The Bertz CT molecular complexity index is 1050. The molecule has 0 aliphatic heterocycles. The van der Waals surface area contributed by atoms with Gasteiger partial charge in [-0.15, -0.1) is 0 Å². The molecule has 1 aliphatic carbocycles. The minimum Gasteiger partial charge on any atom is -0.490 e. The van der Waals surface area contributed by atoms with Crippen molar-refractivity contribution in [1.29, 1.82) is 0 Å². The topological polar surface area (TPSA) is 59.1 Å². The molecule has 0 spiro atoms. The highest BCUT2D eigenvalue weighted by Gasteiger charge is 2.35. The molecule has 32 heavy (non-hydrogen) atoms. The number of aryl methyl sites for hydroxylation is 1. The molecular formula is C24H25F3N4O. The first-order chi connectivity index (χ1) is 15.4. The lowest BCUT2D eigenvalue weighted by Crippen LogP contribution is -2.19. The minimum absolute atomic E-state index is 0.0725. The molecule has 0 atom stereocenters. The Morgan fingerprint density at radius 2 is 1.69 bits per heavy atom. The molecular weight excluding hydrogens is 417 g/mol. The van der Waals surface area contributed by atoms with Gasteiger partial charge in [-0.1, -0.05) is 18.6 Å². The molecule has 3 aromatic rings. The van der Waals surface area contributed by atoms with Crippen LogP contribution in [0.3, 0.4) is 0 Å². The van der Waals surface area contributed by atoms with Gasteiger partial charge in [-0.25, -0.2) is 4.98 Å². The average molecular weight is 442 g/mol. The Kier molecular flexibility index (Phi) is 6.48. The zero-order chi connectivity index (χ0) is 22.6. The van der Waals surface area contributed by atoms with Crippen LogP contribution in [-0.4, -0.2) is 16.1 Å². The van der Waals surface area contributed by atoms with Crippen LogP contribution in [0.4, 0.5) is 36.3 Å². The number of nitrogens with one attached hydrogen (secondary N) is 2. The molecule has 4 rings (SSSR count). The molecule has 1 saturated carbocycles. The molecule has 5 nitrogen and oxygen atoms in total. The first-order valence-electron chi connectivity index (χ1n) is 10.7. The molecule has 0 saturated heterocycles. The van der Waals surface area contributed by atoms with E-state index in [1.54, 1.807) is 30.3 Å². The smallest absolute Gasteiger partial charge is 0.421 e. The maximum Gasteiger partial charge on any atom is 0.421 e. The number of alkyl halides is 3. The molecule has 0 amide bonds. The van der Waals surface area contributed by atoms with E-state index in [-0.39, 0.29) is 17.9 Å². The second-order valence-electron chi connectivity index (χ2n) is 7.98. The lowest BCUT2D eigenvalue weighted by Gasteiger charge is -2.23. The van der Waals surface area contributed by atoms with Crippen molar-refractivity contribution >= 4 is 23.1 Å². The van der Waals surface area contributed by atoms with Crippen LogP contribution < -0.4 is 15.4 Å². The van der Waals surface area contributed by atoms with Gasteiger partial charge in [0.15, 0.2) is 0 Å². The summed E-state index contributed by atoms with van der Waals surface area (Å²) in [6, 6.07) is 14.3. The summed E-state index contributed by atoms with van der Waals surface area (Å²) in [6.07, 6.45) is 2.04. The van der Waals surface area contributed by atoms with Gasteiger partial charge in [0, 0.05) is 17.6 Å². The standard InChI is InChI=1S/C24H25F3N4O/c1-16-6-5-7-18(14-16)30-23-28-15-21(24(25,26)27)22(31-23)29-17-10-12-20(13-11-17)32-19-8-3-2-4-9-19/h5-7,10-15,19H,2-4,8-9H2,1H3,(H2,28,29,30,31). The number of ether oxygens (including phenoxy) is 1. The second-order valence-corrected chi connectivity index (χ2v) is 7.98. The third-order valence-electron chi connectivity index (χ3n) is 5.34. The summed E-state index contributed by atoms with van der Waals surface area (Å²) in [5.74, 6) is 0.468. The van der Waals surface area contributed by atoms with Crippen LogP contribution in [0.15, 0.2) is 54.7 Å². The van der Waals surface area contributed by atoms with Crippen LogP contribution in [0.5, 0.6) is 5.75 Å². The van der Waals surface area contributed by atoms with E-state index < -0.39 is 11.7 Å². The molecule has 1 fully saturated rings. The van der Waals surface area contributed by atoms with Gasteiger partial charge < -0.3 is 15.4 Å². The molecule has 8 heteroatoms. The number of aromatic nitrogens is 2. The maximum absolute atomic E-state index is 13.5. The monoisotopic (exact) mass is 442 g/mol. The van der Waals surface area contributed by atoms with E-state index in [1.807, 2.05) is 25.1 Å². The van der Waals surface area contributed by atoms with Crippen molar-refractivity contribution in [2.45, 2.75) is 51.3 Å². The first-order valence-corrected chi connectivity index (χ1v) is 10.7. The highest BCUT2D eigenvalue weighted by Crippen LogP contribution is 2.35. The summed E-state index contributed by atoms with van der Waals surface area (Å²) in [7, 11) is 0. The van der Waals surface area contributed by atoms with E-state index >= 15 is 0 Å². The van der Waals surface area contributed by atoms with E-state index in [9.17, 15) is 13.2 Å². The van der Waals surface area contributed by atoms with E-state index in [1.165, 1.54) is 6.42 Å². The lowest BCUT2D eigenvalue weighted by atomic mass is 9.98. The molecule has 0 unspecified atom stereocenters. The van der Waals surface area contributed by atoms with E-state index in [0.29, 0.717) is 17.1 Å². The molecule has 2 aromatic carbocycles. The molecule has 1 heterocycles. The number of benzene rings is 2. The molecule has 0 bridgehead atoms. The van der Waals surface area contributed by atoms with Crippen molar-refractivity contribution in [2.75, 3.05) is 10.6 Å². The Labute approximate surface area is 185 Å². The van der Waals surface area contributed by atoms with E-state index in [0.717, 1.165) is 37.4 Å². The van der Waals surface area contributed by atoms with Crippen LogP contribution in [0.2, 0.25) is 0 Å². The van der Waals surface area contributed by atoms with Crippen LogP contribution in [0.25, 0.3) is 0 Å².